The molecule has 0 aliphatic carbocycles. The molecule has 0 saturated carbocycles. The molecule has 0 saturated heterocycles. The van der Waals surface area contributed by atoms with Crippen molar-refractivity contribution in [1.82, 2.24) is 0 Å². The van der Waals surface area contributed by atoms with Crippen LogP contribution in [0.5, 0.6) is 0 Å². The van der Waals surface area contributed by atoms with Gasteiger partial charge < -0.3 is 10.6 Å². The number of benzene rings is 1. The first kappa shape index (κ1) is 14.9. The number of carbonyl (C=O) groups excluding carboxylic acids is 1. The van der Waals surface area contributed by atoms with Crippen LogP contribution in [0.2, 0.25) is 0 Å². The van der Waals surface area contributed by atoms with Crippen molar-refractivity contribution >= 4 is 28.8 Å². The van der Waals surface area contributed by atoms with Gasteiger partial charge in [0.15, 0.2) is 0 Å². The lowest BCUT2D eigenvalue weighted by Gasteiger charge is -2.32. The summed E-state index contributed by atoms with van der Waals surface area (Å²) in [5.41, 5.74) is 7.08. The predicted molar refractivity (Wildman–Crippen MR) is 82.3 cm³/mol. The number of nitrogens with zero attached hydrogens (tertiary/aromatic N) is 1. The van der Waals surface area contributed by atoms with Crippen molar-refractivity contribution in [2.24, 2.45) is 11.1 Å². The number of anilines is 1. The van der Waals surface area contributed by atoms with Crippen LogP contribution >= 0.6 is 12.2 Å². The molecule has 20 heavy (non-hydrogen) atoms. The van der Waals surface area contributed by atoms with Gasteiger partial charge in [-0.3, -0.25) is 4.79 Å². The summed E-state index contributed by atoms with van der Waals surface area (Å²) in [5.74, 6) is -0.293. The fraction of sp³-hybridized carbons (Fsp3) is 0.467. The van der Waals surface area contributed by atoms with Crippen LogP contribution in [0, 0.1) is 11.2 Å². The van der Waals surface area contributed by atoms with Crippen LogP contribution in [0.15, 0.2) is 18.2 Å². The third-order valence-corrected chi connectivity index (χ3v) is 4.43. The zero-order valence-corrected chi connectivity index (χ0v) is 12.6. The number of hydrogen-bond donors (Lipinski definition) is 1. The number of fused-ring (bicyclic) bond motifs is 1. The Balaban J connectivity index is 2.22. The van der Waals surface area contributed by atoms with Gasteiger partial charge >= 0.3 is 0 Å². The lowest BCUT2D eigenvalue weighted by molar-refractivity contribution is -0.118. The molecule has 1 aliphatic heterocycles. The number of hydrogen-bond acceptors (Lipinski definition) is 2. The molecule has 3 nitrogen and oxygen atoms in total. The molecule has 1 amide bonds. The Kier molecular flexibility index (Phi) is 4.09. The van der Waals surface area contributed by atoms with Crippen molar-refractivity contribution in [3.8, 4) is 0 Å². The molecule has 2 rings (SSSR count). The number of thiocarbonyl (C=S) groups is 1. The average Bonchev–Trinajstić information content (AvgIpc) is 2.37. The molecule has 5 heteroatoms. The smallest absolute Gasteiger partial charge is 0.227 e. The van der Waals surface area contributed by atoms with Gasteiger partial charge in [0.25, 0.3) is 0 Å². The van der Waals surface area contributed by atoms with Crippen LogP contribution in [0.1, 0.15) is 32.3 Å². The van der Waals surface area contributed by atoms with Crippen LogP contribution in [0.3, 0.4) is 0 Å². The third kappa shape index (κ3) is 2.98. The Morgan fingerprint density at radius 1 is 1.45 bits per heavy atom. The zero-order valence-electron chi connectivity index (χ0n) is 11.8. The first-order valence-electron chi connectivity index (χ1n) is 6.70. The number of carbonyl (C=O) groups is 1. The molecule has 0 fully saturated rings. The van der Waals surface area contributed by atoms with Gasteiger partial charge in [-0.05, 0) is 30.5 Å². The SMILES string of the molecule is CC(C)(CCN1C(=O)CCc2ccc(F)cc21)C(N)=S. The van der Waals surface area contributed by atoms with E-state index < -0.39 is 0 Å². The molecule has 0 atom stereocenters. The molecule has 0 spiro atoms. The molecule has 0 bridgehead atoms. The molecule has 0 aromatic heterocycles. The summed E-state index contributed by atoms with van der Waals surface area (Å²) in [6.07, 6.45) is 1.79. The highest BCUT2D eigenvalue weighted by Crippen LogP contribution is 2.30. The second-order valence-electron chi connectivity index (χ2n) is 5.82. The molecule has 1 aromatic rings. The van der Waals surface area contributed by atoms with Gasteiger partial charge in [-0.2, -0.15) is 0 Å². The van der Waals surface area contributed by atoms with E-state index in [1.165, 1.54) is 12.1 Å². The molecule has 0 radical (unpaired) electrons. The minimum absolute atomic E-state index is 0.0295. The maximum Gasteiger partial charge on any atom is 0.227 e. The topological polar surface area (TPSA) is 46.3 Å². The Hall–Kier alpha value is -1.49. The number of halogens is 1. The summed E-state index contributed by atoms with van der Waals surface area (Å²) in [6.45, 7) is 4.41. The van der Waals surface area contributed by atoms with Crippen molar-refractivity contribution in [2.75, 3.05) is 11.4 Å². The fourth-order valence-corrected chi connectivity index (χ4v) is 2.37. The molecule has 2 N–H and O–H groups in total. The second-order valence-corrected chi connectivity index (χ2v) is 6.26. The Morgan fingerprint density at radius 3 is 2.80 bits per heavy atom. The molecule has 108 valence electrons. The third-order valence-electron chi connectivity index (χ3n) is 3.87. The quantitative estimate of drug-likeness (QED) is 0.869. The first-order valence-corrected chi connectivity index (χ1v) is 7.11. The average molecular weight is 294 g/mol. The van der Waals surface area contributed by atoms with Gasteiger partial charge in [0.2, 0.25) is 5.91 Å². The maximum atomic E-state index is 13.4. The van der Waals surface area contributed by atoms with E-state index in [1.54, 1.807) is 11.0 Å². The fourth-order valence-electron chi connectivity index (χ4n) is 2.27. The van der Waals surface area contributed by atoms with E-state index in [1.807, 2.05) is 13.8 Å². The summed E-state index contributed by atoms with van der Waals surface area (Å²) >= 11 is 5.04. The monoisotopic (exact) mass is 294 g/mol. The van der Waals surface area contributed by atoms with Gasteiger partial charge in [-0.25, -0.2) is 4.39 Å². The number of aryl methyl sites for hydroxylation is 1. The zero-order chi connectivity index (χ0) is 14.9. The van der Waals surface area contributed by atoms with Crippen LogP contribution in [0.4, 0.5) is 10.1 Å². The van der Waals surface area contributed by atoms with E-state index in [2.05, 4.69) is 0 Å². The largest absolute Gasteiger partial charge is 0.393 e. The van der Waals surface area contributed by atoms with Gasteiger partial charge in [0, 0.05) is 24.1 Å². The summed E-state index contributed by atoms with van der Waals surface area (Å²) in [7, 11) is 0. The minimum atomic E-state index is -0.322. The molecule has 0 unspecified atom stereocenters. The summed E-state index contributed by atoms with van der Waals surface area (Å²) in [5, 5.41) is 0. The van der Waals surface area contributed by atoms with Crippen molar-refractivity contribution in [1.29, 1.82) is 0 Å². The van der Waals surface area contributed by atoms with Gasteiger partial charge in [-0.1, -0.05) is 32.1 Å². The van der Waals surface area contributed by atoms with Crippen molar-refractivity contribution in [3.05, 3.63) is 29.6 Å². The summed E-state index contributed by atoms with van der Waals surface area (Å²) in [4.78, 5) is 14.2. The minimum Gasteiger partial charge on any atom is -0.393 e. The van der Waals surface area contributed by atoms with Crippen molar-refractivity contribution < 1.29 is 9.18 Å². The van der Waals surface area contributed by atoms with Crippen LogP contribution < -0.4 is 10.6 Å². The Labute approximate surface area is 123 Å². The first-order chi connectivity index (χ1) is 9.31. The van der Waals surface area contributed by atoms with Gasteiger partial charge in [0.1, 0.15) is 5.82 Å². The lowest BCUT2D eigenvalue weighted by Crippen LogP contribution is -2.40. The van der Waals surface area contributed by atoms with E-state index in [0.29, 0.717) is 36.5 Å². The van der Waals surface area contributed by atoms with Gasteiger partial charge in [-0.15, -0.1) is 0 Å². The normalized spacial score (nSPS) is 15.2. The van der Waals surface area contributed by atoms with Crippen LogP contribution in [-0.4, -0.2) is 17.4 Å². The highest BCUT2D eigenvalue weighted by atomic mass is 32.1. The summed E-state index contributed by atoms with van der Waals surface area (Å²) in [6, 6.07) is 4.62. The van der Waals surface area contributed by atoms with Crippen molar-refractivity contribution in [2.45, 2.75) is 33.1 Å². The van der Waals surface area contributed by atoms with E-state index in [-0.39, 0.29) is 17.1 Å². The van der Waals surface area contributed by atoms with E-state index >= 15 is 0 Å². The molecule has 1 aromatic carbocycles. The van der Waals surface area contributed by atoms with Crippen LogP contribution in [-0.2, 0) is 11.2 Å². The predicted octanol–water partition coefficient (Wildman–Crippen LogP) is 2.81. The highest BCUT2D eigenvalue weighted by Gasteiger charge is 2.28. The number of rotatable bonds is 4. The maximum absolute atomic E-state index is 13.4. The second kappa shape index (κ2) is 5.48. The lowest BCUT2D eigenvalue weighted by atomic mass is 9.88. The van der Waals surface area contributed by atoms with Gasteiger partial charge in [0.05, 0.1) is 4.99 Å². The number of nitrogens with two attached hydrogens (primary N) is 1. The van der Waals surface area contributed by atoms with Crippen molar-refractivity contribution in [3.63, 3.8) is 0 Å². The van der Waals surface area contributed by atoms with E-state index in [0.717, 1.165) is 5.56 Å². The Bertz CT molecular complexity index is 557. The Morgan fingerprint density at radius 2 is 2.15 bits per heavy atom. The number of amides is 1. The molecular weight excluding hydrogens is 275 g/mol. The summed E-state index contributed by atoms with van der Waals surface area (Å²) < 4.78 is 13.4. The van der Waals surface area contributed by atoms with E-state index in [4.69, 9.17) is 18.0 Å². The van der Waals surface area contributed by atoms with E-state index in [9.17, 15) is 9.18 Å². The standard InChI is InChI=1S/C15H19FN2OS/c1-15(2,14(17)20)7-8-18-12-9-11(16)5-3-10(12)4-6-13(18)19/h3,5,9H,4,6-8H2,1-2H3,(H2,17,20). The molecule has 1 aliphatic rings. The molecule has 1 heterocycles. The van der Waals surface area contributed by atoms with Crippen LogP contribution in [0.25, 0.3) is 0 Å². The highest BCUT2D eigenvalue weighted by molar-refractivity contribution is 7.80. The molecular formula is C15H19FN2OS.